The second kappa shape index (κ2) is 7.66. The Bertz CT molecular complexity index is 1540. The van der Waals surface area contributed by atoms with E-state index in [0.29, 0.717) is 32.9 Å². The average Bonchev–Trinajstić information content (AvgIpc) is 3.29. The van der Waals surface area contributed by atoms with Gasteiger partial charge in [0.25, 0.3) is 11.2 Å². The molecular weight excluding hydrogens is 414 g/mol. The minimum Gasteiger partial charge on any atom is -0.489 e. The van der Waals surface area contributed by atoms with Gasteiger partial charge in [-0.25, -0.2) is 9.38 Å². The molecule has 0 aliphatic carbocycles. The smallest absolute Gasteiger partial charge is 0.274 e. The molecule has 0 radical (unpaired) electrons. The number of rotatable bonds is 5. The monoisotopic (exact) mass is 429 g/mol. The summed E-state index contributed by atoms with van der Waals surface area (Å²) in [5.41, 5.74) is 2.55. The minimum absolute atomic E-state index is 0.0753. The maximum Gasteiger partial charge on any atom is 0.274 e. The summed E-state index contributed by atoms with van der Waals surface area (Å²) >= 11 is 1.25. The predicted molar refractivity (Wildman–Crippen MR) is 120 cm³/mol. The van der Waals surface area contributed by atoms with Crippen LogP contribution in [0.25, 0.3) is 22.1 Å². The number of imidazole rings is 1. The van der Waals surface area contributed by atoms with Crippen molar-refractivity contribution < 1.29 is 9.66 Å². The summed E-state index contributed by atoms with van der Waals surface area (Å²) in [7, 11) is 0. The summed E-state index contributed by atoms with van der Waals surface area (Å²) in [5.74, 6) is 0.701. The number of nitro groups is 1. The molecule has 2 aromatic heterocycles. The molecule has 0 fully saturated rings. The van der Waals surface area contributed by atoms with E-state index in [1.807, 2.05) is 54.6 Å². The Labute approximate surface area is 179 Å². The number of non-ortho nitro benzene ring substituents is 1. The van der Waals surface area contributed by atoms with Crippen molar-refractivity contribution in [2.75, 3.05) is 0 Å². The first-order valence-corrected chi connectivity index (χ1v) is 10.3. The number of ether oxygens (including phenoxy) is 1. The summed E-state index contributed by atoms with van der Waals surface area (Å²) in [5, 5.41) is 11.1. The second-order valence-electron chi connectivity index (χ2n) is 6.92. The lowest BCUT2D eigenvalue weighted by Gasteiger charge is -2.06. The van der Waals surface area contributed by atoms with Gasteiger partial charge in [-0.05, 0) is 35.4 Å². The lowest BCUT2D eigenvalue weighted by Crippen LogP contribution is -2.22. The number of nitro benzene ring substituents is 1. The van der Waals surface area contributed by atoms with Gasteiger partial charge < -0.3 is 4.74 Å². The zero-order chi connectivity index (χ0) is 21.4. The van der Waals surface area contributed by atoms with Gasteiger partial charge in [0.15, 0.2) is 4.96 Å². The summed E-state index contributed by atoms with van der Waals surface area (Å²) in [4.78, 5) is 28.5. The van der Waals surface area contributed by atoms with E-state index in [2.05, 4.69) is 4.98 Å². The molecule has 5 aromatic rings. The first kappa shape index (κ1) is 19.0. The number of fused-ring (bicyclic) bond motifs is 3. The summed E-state index contributed by atoms with van der Waals surface area (Å²) in [6.07, 6.45) is 1.78. The molecule has 0 aliphatic rings. The topological polar surface area (TPSA) is 86.7 Å². The van der Waals surface area contributed by atoms with Crippen LogP contribution in [0, 0.1) is 10.1 Å². The number of nitrogens with zero attached hydrogens (tertiary/aromatic N) is 3. The van der Waals surface area contributed by atoms with Gasteiger partial charge >= 0.3 is 0 Å². The number of thiazole rings is 1. The van der Waals surface area contributed by atoms with Crippen molar-refractivity contribution in [3.63, 3.8) is 0 Å². The van der Waals surface area contributed by atoms with Crippen molar-refractivity contribution in [1.29, 1.82) is 0 Å². The van der Waals surface area contributed by atoms with Crippen LogP contribution in [0.15, 0.2) is 77.6 Å². The third-order valence-electron chi connectivity index (χ3n) is 4.84. The molecule has 0 atom stereocenters. The Kier molecular flexibility index (Phi) is 4.68. The van der Waals surface area contributed by atoms with Crippen molar-refractivity contribution in [3.05, 3.63) is 109 Å². The Morgan fingerprint density at radius 2 is 1.90 bits per heavy atom. The zero-order valence-electron chi connectivity index (χ0n) is 16.1. The lowest BCUT2D eigenvalue weighted by molar-refractivity contribution is -0.384. The average molecular weight is 429 g/mol. The molecule has 152 valence electrons. The standard InChI is InChI=1S/C23H15N3O4S/c27-22-21(31-23-24-19-10-9-17(26(28)29)13-20(19)25(22)23)12-16-7-4-8-18(11-16)30-14-15-5-2-1-3-6-15/h1-13H,14H2/b21-12-. The number of hydrogen-bond acceptors (Lipinski definition) is 6. The van der Waals surface area contributed by atoms with Gasteiger partial charge in [0.05, 0.1) is 20.5 Å². The molecular formula is C23H15N3O4S. The van der Waals surface area contributed by atoms with Crippen LogP contribution in [0.2, 0.25) is 0 Å². The van der Waals surface area contributed by atoms with Crippen LogP contribution in [0.5, 0.6) is 5.75 Å². The molecule has 0 unspecified atom stereocenters. The third kappa shape index (κ3) is 3.64. The molecule has 8 heteroatoms. The van der Waals surface area contributed by atoms with Gasteiger partial charge in [0.1, 0.15) is 12.4 Å². The van der Waals surface area contributed by atoms with Gasteiger partial charge in [0, 0.05) is 12.1 Å². The Morgan fingerprint density at radius 1 is 1.06 bits per heavy atom. The number of hydrogen-bond donors (Lipinski definition) is 0. The normalized spacial score (nSPS) is 11.9. The molecule has 31 heavy (non-hydrogen) atoms. The highest BCUT2D eigenvalue weighted by Gasteiger charge is 2.15. The van der Waals surface area contributed by atoms with E-state index in [4.69, 9.17) is 4.74 Å². The van der Waals surface area contributed by atoms with E-state index in [0.717, 1.165) is 11.1 Å². The highest BCUT2D eigenvalue weighted by molar-refractivity contribution is 7.15. The molecule has 7 nitrogen and oxygen atoms in total. The molecule has 0 N–H and O–H groups in total. The van der Waals surface area contributed by atoms with E-state index in [1.165, 1.54) is 27.9 Å². The molecule has 0 saturated heterocycles. The number of benzene rings is 3. The van der Waals surface area contributed by atoms with E-state index >= 15 is 0 Å². The van der Waals surface area contributed by atoms with Crippen LogP contribution in [0.4, 0.5) is 5.69 Å². The van der Waals surface area contributed by atoms with Crippen molar-refractivity contribution in [1.82, 2.24) is 9.38 Å². The minimum atomic E-state index is -0.482. The van der Waals surface area contributed by atoms with Gasteiger partial charge in [-0.3, -0.25) is 14.9 Å². The van der Waals surface area contributed by atoms with Gasteiger partial charge in [-0.15, -0.1) is 0 Å². The molecule has 5 rings (SSSR count). The number of aromatic nitrogens is 2. The quantitative estimate of drug-likeness (QED) is 0.312. The summed E-state index contributed by atoms with van der Waals surface area (Å²) < 4.78 is 7.78. The van der Waals surface area contributed by atoms with E-state index in [-0.39, 0.29) is 11.2 Å². The third-order valence-corrected chi connectivity index (χ3v) is 5.81. The fraction of sp³-hybridized carbons (Fsp3) is 0.0435. The van der Waals surface area contributed by atoms with Gasteiger partial charge in [0.2, 0.25) is 0 Å². The van der Waals surface area contributed by atoms with Crippen LogP contribution in [0.3, 0.4) is 0 Å². The van der Waals surface area contributed by atoms with Crippen LogP contribution in [-0.4, -0.2) is 14.3 Å². The second-order valence-corrected chi connectivity index (χ2v) is 7.93. The molecule has 0 spiro atoms. The zero-order valence-corrected chi connectivity index (χ0v) is 16.9. The van der Waals surface area contributed by atoms with E-state index in [9.17, 15) is 14.9 Å². The van der Waals surface area contributed by atoms with Crippen LogP contribution in [0.1, 0.15) is 11.1 Å². The fourth-order valence-electron chi connectivity index (χ4n) is 3.35. The van der Waals surface area contributed by atoms with Crippen LogP contribution in [-0.2, 0) is 6.61 Å². The molecule has 2 heterocycles. The van der Waals surface area contributed by atoms with Gasteiger partial charge in [-0.1, -0.05) is 53.8 Å². The van der Waals surface area contributed by atoms with Crippen LogP contribution >= 0.6 is 11.3 Å². The highest BCUT2D eigenvalue weighted by atomic mass is 32.1. The molecule has 0 bridgehead atoms. The maximum atomic E-state index is 13.0. The van der Waals surface area contributed by atoms with E-state index < -0.39 is 4.92 Å². The predicted octanol–water partition coefficient (Wildman–Crippen LogP) is 3.94. The fourth-order valence-corrected chi connectivity index (χ4v) is 4.34. The summed E-state index contributed by atoms with van der Waals surface area (Å²) in [6, 6.07) is 21.7. The first-order valence-electron chi connectivity index (χ1n) is 9.46. The van der Waals surface area contributed by atoms with Crippen LogP contribution < -0.4 is 14.8 Å². The first-order chi connectivity index (χ1) is 15.1. The molecule has 0 aliphatic heterocycles. The van der Waals surface area contributed by atoms with Gasteiger partial charge in [-0.2, -0.15) is 0 Å². The Hall–Kier alpha value is -4.04. The Balaban J connectivity index is 1.51. The summed E-state index contributed by atoms with van der Waals surface area (Å²) in [6.45, 7) is 0.453. The molecule has 0 amide bonds. The van der Waals surface area contributed by atoms with Crippen molar-refractivity contribution in [3.8, 4) is 5.75 Å². The highest BCUT2D eigenvalue weighted by Crippen LogP contribution is 2.22. The SMILES string of the molecule is O=c1/c(=C/c2cccc(OCc3ccccc3)c2)sc2nc3ccc([N+](=O)[O-])cc3n12. The maximum absolute atomic E-state index is 13.0. The van der Waals surface area contributed by atoms with Crippen molar-refractivity contribution in [2.45, 2.75) is 6.61 Å². The Morgan fingerprint density at radius 3 is 2.71 bits per heavy atom. The largest absolute Gasteiger partial charge is 0.489 e. The van der Waals surface area contributed by atoms with Crippen molar-refractivity contribution >= 4 is 39.1 Å². The molecule has 0 saturated carbocycles. The lowest BCUT2D eigenvalue weighted by atomic mass is 10.2. The van der Waals surface area contributed by atoms with Crippen molar-refractivity contribution in [2.24, 2.45) is 0 Å². The van der Waals surface area contributed by atoms with E-state index in [1.54, 1.807) is 12.1 Å². The molecule has 3 aromatic carbocycles.